The van der Waals surface area contributed by atoms with Crippen LogP contribution in [0.4, 0.5) is 0 Å². The van der Waals surface area contributed by atoms with Gasteiger partial charge in [0, 0.05) is 38.2 Å². The van der Waals surface area contributed by atoms with Crippen molar-refractivity contribution in [1.29, 1.82) is 0 Å². The molecular formula is C54H34N4. The Bertz CT molecular complexity index is 3560. The number of hydrogen-bond acceptors (Lipinski definition) is 2. The van der Waals surface area contributed by atoms with Crippen LogP contribution < -0.4 is 0 Å². The zero-order chi connectivity index (χ0) is 38.2. The molecule has 12 aromatic rings. The second-order valence-electron chi connectivity index (χ2n) is 14.9. The van der Waals surface area contributed by atoms with Crippen LogP contribution in [0.1, 0.15) is 0 Å². The standard InChI is InChI=1S/C54H34N4/c1-3-17-35(18-4-1)38-21-7-10-25-42(38)53-43-26-11-14-28-47(43)55-54(56-53)58-49-30-16-13-27-44(49)52-41-24-9-8-22-39(41)45(34-51(52)58)36-31-32-50-46(33-36)40-23-12-15-29-48(40)57(50)37-19-5-2-6-20-37/h1-34H. The maximum Gasteiger partial charge on any atom is 0.235 e. The highest BCUT2D eigenvalue weighted by molar-refractivity contribution is 6.24. The van der Waals surface area contributed by atoms with Crippen LogP contribution in [-0.4, -0.2) is 19.1 Å². The Morgan fingerprint density at radius 2 is 0.897 bits per heavy atom. The van der Waals surface area contributed by atoms with Crippen molar-refractivity contribution in [3.8, 4) is 45.1 Å². The van der Waals surface area contributed by atoms with Crippen LogP contribution in [0.3, 0.4) is 0 Å². The normalized spacial score (nSPS) is 11.8. The molecule has 0 aliphatic heterocycles. The van der Waals surface area contributed by atoms with E-state index in [0.717, 1.165) is 55.6 Å². The zero-order valence-corrected chi connectivity index (χ0v) is 31.4. The number of fused-ring (bicyclic) bond motifs is 9. The van der Waals surface area contributed by atoms with Gasteiger partial charge < -0.3 is 4.57 Å². The summed E-state index contributed by atoms with van der Waals surface area (Å²) >= 11 is 0. The Labute approximate surface area is 334 Å². The Kier molecular flexibility index (Phi) is 7.20. The van der Waals surface area contributed by atoms with Gasteiger partial charge in [-0.2, -0.15) is 0 Å². The van der Waals surface area contributed by atoms with E-state index in [1.54, 1.807) is 0 Å². The van der Waals surface area contributed by atoms with E-state index in [4.69, 9.17) is 9.97 Å². The van der Waals surface area contributed by atoms with Gasteiger partial charge in [-0.15, -0.1) is 0 Å². The van der Waals surface area contributed by atoms with E-state index in [1.165, 1.54) is 48.9 Å². The van der Waals surface area contributed by atoms with Crippen molar-refractivity contribution in [2.24, 2.45) is 0 Å². The molecule has 0 bridgehead atoms. The summed E-state index contributed by atoms with van der Waals surface area (Å²) < 4.78 is 4.65. The molecule has 0 aliphatic rings. The number of aromatic nitrogens is 4. The summed E-state index contributed by atoms with van der Waals surface area (Å²) in [5.41, 5.74) is 13.2. The largest absolute Gasteiger partial charge is 0.309 e. The van der Waals surface area contributed by atoms with Gasteiger partial charge in [-0.3, -0.25) is 4.57 Å². The fourth-order valence-electron chi connectivity index (χ4n) is 9.21. The average molecular weight is 739 g/mol. The fourth-order valence-corrected chi connectivity index (χ4v) is 9.21. The van der Waals surface area contributed by atoms with Gasteiger partial charge in [-0.05, 0) is 81.6 Å². The van der Waals surface area contributed by atoms with Gasteiger partial charge in [0.15, 0.2) is 0 Å². The molecule has 0 radical (unpaired) electrons. The molecule has 0 unspecified atom stereocenters. The molecule has 12 rings (SSSR count). The Morgan fingerprint density at radius 1 is 0.310 bits per heavy atom. The molecule has 58 heavy (non-hydrogen) atoms. The number of benzene rings is 9. The molecule has 0 saturated heterocycles. The summed E-state index contributed by atoms with van der Waals surface area (Å²) in [6.07, 6.45) is 0. The Hall–Kier alpha value is -7.82. The van der Waals surface area contributed by atoms with Crippen LogP contribution in [0, 0.1) is 0 Å². The van der Waals surface area contributed by atoms with E-state index in [1.807, 2.05) is 0 Å². The number of rotatable bonds is 5. The molecule has 4 heteroatoms. The molecule has 270 valence electrons. The lowest BCUT2D eigenvalue weighted by molar-refractivity contribution is 1.01. The fraction of sp³-hybridized carbons (Fsp3) is 0. The van der Waals surface area contributed by atoms with Crippen LogP contribution >= 0.6 is 0 Å². The van der Waals surface area contributed by atoms with Crippen molar-refractivity contribution in [2.75, 3.05) is 0 Å². The van der Waals surface area contributed by atoms with Crippen LogP contribution in [0.5, 0.6) is 0 Å². The first-order valence-corrected chi connectivity index (χ1v) is 19.8. The molecule has 9 aromatic carbocycles. The lowest BCUT2D eigenvalue weighted by atomic mass is 9.94. The number of nitrogens with zero attached hydrogens (tertiary/aromatic N) is 4. The minimum absolute atomic E-state index is 0.644. The highest BCUT2D eigenvalue weighted by Gasteiger charge is 2.22. The lowest BCUT2D eigenvalue weighted by Crippen LogP contribution is -2.04. The van der Waals surface area contributed by atoms with Crippen molar-refractivity contribution in [2.45, 2.75) is 0 Å². The summed E-state index contributed by atoms with van der Waals surface area (Å²) in [6, 6.07) is 73.7. The van der Waals surface area contributed by atoms with Gasteiger partial charge in [0.2, 0.25) is 5.95 Å². The maximum atomic E-state index is 5.54. The lowest BCUT2D eigenvalue weighted by Gasteiger charge is -2.15. The smallest absolute Gasteiger partial charge is 0.235 e. The van der Waals surface area contributed by atoms with E-state index in [9.17, 15) is 0 Å². The highest BCUT2D eigenvalue weighted by atomic mass is 15.2. The van der Waals surface area contributed by atoms with E-state index < -0.39 is 0 Å². The van der Waals surface area contributed by atoms with E-state index in [0.29, 0.717) is 5.95 Å². The molecule has 0 saturated carbocycles. The van der Waals surface area contributed by atoms with E-state index in [-0.39, 0.29) is 0 Å². The third kappa shape index (κ3) is 4.88. The van der Waals surface area contributed by atoms with Crippen LogP contribution in [0.15, 0.2) is 206 Å². The van der Waals surface area contributed by atoms with Gasteiger partial charge in [-0.25, -0.2) is 9.97 Å². The quantitative estimate of drug-likeness (QED) is 0.176. The monoisotopic (exact) mass is 738 g/mol. The van der Waals surface area contributed by atoms with Crippen molar-refractivity contribution < 1.29 is 0 Å². The van der Waals surface area contributed by atoms with E-state index in [2.05, 4.69) is 215 Å². The van der Waals surface area contributed by atoms with Crippen molar-refractivity contribution >= 4 is 65.3 Å². The van der Waals surface area contributed by atoms with Crippen LogP contribution in [0.2, 0.25) is 0 Å². The molecule has 0 aliphatic carbocycles. The highest BCUT2D eigenvalue weighted by Crippen LogP contribution is 2.43. The molecule has 0 fully saturated rings. The summed E-state index contributed by atoms with van der Waals surface area (Å²) in [5, 5.41) is 8.25. The van der Waals surface area contributed by atoms with Crippen molar-refractivity contribution in [3.05, 3.63) is 206 Å². The summed E-state index contributed by atoms with van der Waals surface area (Å²) in [4.78, 5) is 10.9. The van der Waals surface area contributed by atoms with E-state index >= 15 is 0 Å². The van der Waals surface area contributed by atoms with Crippen molar-refractivity contribution in [1.82, 2.24) is 19.1 Å². The Balaban J connectivity index is 1.15. The molecule has 0 spiro atoms. The second-order valence-corrected chi connectivity index (χ2v) is 14.9. The van der Waals surface area contributed by atoms with Gasteiger partial charge in [-0.1, -0.05) is 158 Å². The summed E-state index contributed by atoms with van der Waals surface area (Å²) in [7, 11) is 0. The maximum absolute atomic E-state index is 5.54. The number of para-hydroxylation sites is 4. The van der Waals surface area contributed by atoms with Gasteiger partial charge in [0.25, 0.3) is 0 Å². The van der Waals surface area contributed by atoms with Gasteiger partial charge in [0.1, 0.15) is 0 Å². The zero-order valence-electron chi connectivity index (χ0n) is 31.4. The third-order valence-electron chi connectivity index (χ3n) is 11.7. The van der Waals surface area contributed by atoms with Gasteiger partial charge >= 0.3 is 0 Å². The number of hydrogen-bond donors (Lipinski definition) is 0. The molecule has 4 nitrogen and oxygen atoms in total. The molecule has 0 atom stereocenters. The minimum Gasteiger partial charge on any atom is -0.309 e. The SMILES string of the molecule is c1ccc(-c2ccccc2-c2nc(-n3c4ccccc4c4c5ccccc5c(-c5ccc6c(c5)c5ccccc5n6-c5ccccc5)cc43)nc3ccccc23)cc1. The van der Waals surface area contributed by atoms with Gasteiger partial charge in [0.05, 0.1) is 33.3 Å². The Morgan fingerprint density at radius 3 is 1.69 bits per heavy atom. The predicted octanol–water partition coefficient (Wildman–Crippen LogP) is 14.0. The molecule has 0 amide bonds. The van der Waals surface area contributed by atoms with Crippen molar-refractivity contribution in [3.63, 3.8) is 0 Å². The predicted molar refractivity (Wildman–Crippen MR) is 242 cm³/mol. The third-order valence-corrected chi connectivity index (χ3v) is 11.7. The van der Waals surface area contributed by atoms with Crippen LogP contribution in [0.25, 0.3) is 110 Å². The first kappa shape index (κ1) is 32.4. The molecule has 0 N–H and O–H groups in total. The average Bonchev–Trinajstić information content (AvgIpc) is 3.81. The molecule has 3 aromatic heterocycles. The summed E-state index contributed by atoms with van der Waals surface area (Å²) in [5.74, 6) is 0.644. The topological polar surface area (TPSA) is 35.6 Å². The molecular weight excluding hydrogens is 705 g/mol. The molecule has 3 heterocycles. The first-order chi connectivity index (χ1) is 28.8. The van der Waals surface area contributed by atoms with Crippen LogP contribution in [-0.2, 0) is 0 Å². The second kappa shape index (κ2) is 12.9. The minimum atomic E-state index is 0.644. The first-order valence-electron chi connectivity index (χ1n) is 19.8. The summed E-state index contributed by atoms with van der Waals surface area (Å²) in [6.45, 7) is 0.